The van der Waals surface area contributed by atoms with Crippen molar-refractivity contribution in [3.63, 3.8) is 0 Å². The fourth-order valence-corrected chi connectivity index (χ4v) is 1.59. The number of benzene rings is 1. The van der Waals surface area contributed by atoms with Gasteiger partial charge in [0.15, 0.2) is 0 Å². The highest BCUT2D eigenvalue weighted by atomic mass is 35.5. The molecule has 0 bridgehead atoms. The van der Waals surface area contributed by atoms with E-state index in [1.165, 1.54) is 12.1 Å². The van der Waals surface area contributed by atoms with Gasteiger partial charge in [-0.3, -0.25) is 9.59 Å². The van der Waals surface area contributed by atoms with Crippen molar-refractivity contribution < 1.29 is 19.4 Å². The average molecular weight is 243 g/mol. The maximum absolute atomic E-state index is 10.6. The smallest absolute Gasteiger partial charge is 0.308 e. The molecule has 0 fully saturated rings. The van der Waals surface area contributed by atoms with E-state index >= 15 is 0 Å². The molecule has 1 aromatic carbocycles. The highest BCUT2D eigenvalue weighted by molar-refractivity contribution is 6.32. The van der Waals surface area contributed by atoms with Gasteiger partial charge in [-0.2, -0.15) is 0 Å². The number of aldehydes is 1. The summed E-state index contributed by atoms with van der Waals surface area (Å²) in [4.78, 5) is 21.3. The second-order valence-electron chi connectivity index (χ2n) is 3.10. The molecule has 0 aliphatic heterocycles. The van der Waals surface area contributed by atoms with Crippen LogP contribution in [0.25, 0.3) is 0 Å². The fraction of sp³-hybridized carbons (Fsp3) is 0.273. The van der Waals surface area contributed by atoms with Crippen LogP contribution >= 0.6 is 11.6 Å². The highest BCUT2D eigenvalue weighted by Crippen LogP contribution is 2.28. The van der Waals surface area contributed by atoms with E-state index < -0.39 is 5.97 Å². The number of hydrogen-bond acceptors (Lipinski definition) is 3. The topological polar surface area (TPSA) is 63.6 Å². The Balaban J connectivity index is 3.21. The zero-order chi connectivity index (χ0) is 12.1. The molecule has 0 aliphatic rings. The van der Waals surface area contributed by atoms with E-state index in [9.17, 15) is 9.59 Å². The zero-order valence-electron chi connectivity index (χ0n) is 8.70. The lowest BCUT2D eigenvalue weighted by Gasteiger charge is -2.11. The van der Waals surface area contributed by atoms with Gasteiger partial charge in [-0.05, 0) is 19.1 Å². The molecule has 1 N–H and O–H groups in total. The third kappa shape index (κ3) is 2.97. The monoisotopic (exact) mass is 242 g/mol. The van der Waals surface area contributed by atoms with Gasteiger partial charge in [0.2, 0.25) is 0 Å². The summed E-state index contributed by atoms with van der Waals surface area (Å²) >= 11 is 5.89. The molecule has 86 valence electrons. The minimum absolute atomic E-state index is 0.229. The van der Waals surface area contributed by atoms with Crippen LogP contribution in [0.15, 0.2) is 12.1 Å². The summed E-state index contributed by atoms with van der Waals surface area (Å²) in [7, 11) is 0. The summed E-state index contributed by atoms with van der Waals surface area (Å²) in [5.74, 6) is -0.652. The second-order valence-corrected chi connectivity index (χ2v) is 3.51. The Labute approximate surface area is 97.8 Å². The molecule has 0 unspecified atom stereocenters. The molecule has 0 radical (unpaired) electrons. The SMILES string of the molecule is CCOc1cc(C=O)cc(Cl)c1CC(=O)O. The summed E-state index contributed by atoms with van der Waals surface area (Å²) in [5, 5.41) is 8.96. The second kappa shape index (κ2) is 5.51. The summed E-state index contributed by atoms with van der Waals surface area (Å²) in [6.45, 7) is 2.15. The third-order valence-corrected chi connectivity index (χ3v) is 2.28. The first kappa shape index (κ1) is 12.5. The lowest BCUT2D eigenvalue weighted by Crippen LogP contribution is -2.05. The molecule has 0 heterocycles. The molecule has 0 saturated carbocycles. The van der Waals surface area contributed by atoms with Crippen molar-refractivity contribution in [2.45, 2.75) is 13.3 Å². The van der Waals surface area contributed by atoms with Crippen LogP contribution in [0.2, 0.25) is 5.02 Å². The predicted octanol–water partition coefficient (Wildman–Crippen LogP) is 2.18. The van der Waals surface area contributed by atoms with Crippen LogP contribution in [0.4, 0.5) is 0 Å². The van der Waals surface area contributed by atoms with Gasteiger partial charge in [-0.15, -0.1) is 0 Å². The predicted molar refractivity (Wildman–Crippen MR) is 59.3 cm³/mol. The summed E-state index contributed by atoms with van der Waals surface area (Å²) < 4.78 is 5.25. The molecular weight excluding hydrogens is 232 g/mol. The Morgan fingerprint density at radius 3 is 2.75 bits per heavy atom. The van der Waals surface area contributed by atoms with Crippen LogP contribution in [-0.4, -0.2) is 24.0 Å². The van der Waals surface area contributed by atoms with Crippen LogP contribution in [0.1, 0.15) is 22.8 Å². The van der Waals surface area contributed by atoms with E-state index in [0.29, 0.717) is 29.8 Å². The van der Waals surface area contributed by atoms with Gasteiger partial charge in [0.05, 0.1) is 13.0 Å². The van der Waals surface area contributed by atoms with Crippen LogP contribution in [0.3, 0.4) is 0 Å². The maximum Gasteiger partial charge on any atom is 0.308 e. The summed E-state index contributed by atoms with van der Waals surface area (Å²) in [5.41, 5.74) is 0.754. The number of halogens is 1. The first-order valence-electron chi connectivity index (χ1n) is 4.70. The lowest BCUT2D eigenvalue weighted by atomic mass is 10.1. The number of ether oxygens (including phenoxy) is 1. The van der Waals surface area contributed by atoms with Crippen molar-refractivity contribution in [1.82, 2.24) is 0 Å². The largest absolute Gasteiger partial charge is 0.494 e. The Hall–Kier alpha value is -1.55. The summed E-state index contributed by atoms with van der Waals surface area (Å²) in [6.07, 6.45) is 0.409. The van der Waals surface area contributed by atoms with Crippen LogP contribution in [0, 0.1) is 0 Å². The van der Waals surface area contributed by atoms with Gasteiger partial charge < -0.3 is 9.84 Å². The Morgan fingerprint density at radius 1 is 1.56 bits per heavy atom. The van der Waals surface area contributed by atoms with E-state index in [-0.39, 0.29) is 11.4 Å². The van der Waals surface area contributed by atoms with E-state index in [0.717, 1.165) is 0 Å². The number of rotatable bonds is 5. The molecular formula is C11H11ClO4. The fourth-order valence-electron chi connectivity index (χ4n) is 1.31. The molecule has 1 rings (SSSR count). The van der Waals surface area contributed by atoms with Gasteiger partial charge in [0, 0.05) is 16.1 Å². The van der Waals surface area contributed by atoms with Crippen LogP contribution < -0.4 is 4.74 Å². The highest BCUT2D eigenvalue weighted by Gasteiger charge is 2.13. The van der Waals surface area contributed by atoms with Gasteiger partial charge >= 0.3 is 5.97 Å². The third-order valence-electron chi connectivity index (χ3n) is 1.94. The number of aliphatic carboxylic acids is 1. The van der Waals surface area contributed by atoms with Gasteiger partial charge in [0.25, 0.3) is 0 Å². The molecule has 0 aromatic heterocycles. The number of carbonyl (C=O) groups is 2. The number of hydrogen-bond donors (Lipinski definition) is 1. The molecule has 16 heavy (non-hydrogen) atoms. The molecule has 4 nitrogen and oxygen atoms in total. The maximum atomic E-state index is 10.6. The summed E-state index contributed by atoms with van der Waals surface area (Å²) in [6, 6.07) is 2.91. The van der Waals surface area contributed by atoms with Crippen molar-refractivity contribution in [3.05, 3.63) is 28.3 Å². The van der Waals surface area contributed by atoms with E-state index in [2.05, 4.69) is 0 Å². The van der Waals surface area contributed by atoms with Gasteiger partial charge in [-0.25, -0.2) is 0 Å². The number of carboxylic acids is 1. The van der Waals surface area contributed by atoms with Crippen LogP contribution in [0.5, 0.6) is 5.75 Å². The Kier molecular flexibility index (Phi) is 4.31. The zero-order valence-corrected chi connectivity index (χ0v) is 9.45. The minimum atomic E-state index is -0.998. The lowest BCUT2D eigenvalue weighted by molar-refractivity contribution is -0.136. The normalized spacial score (nSPS) is 9.88. The quantitative estimate of drug-likeness (QED) is 0.804. The molecule has 0 spiro atoms. The average Bonchev–Trinajstić information content (AvgIpc) is 2.22. The van der Waals surface area contributed by atoms with E-state index in [1.807, 2.05) is 0 Å². The van der Waals surface area contributed by atoms with Crippen molar-refractivity contribution in [1.29, 1.82) is 0 Å². The molecule has 0 saturated heterocycles. The number of carboxylic acid groups (broad SMARTS) is 1. The minimum Gasteiger partial charge on any atom is -0.494 e. The molecule has 0 aliphatic carbocycles. The molecule has 0 amide bonds. The van der Waals surface area contributed by atoms with E-state index in [4.69, 9.17) is 21.4 Å². The van der Waals surface area contributed by atoms with Gasteiger partial charge in [0.1, 0.15) is 12.0 Å². The first-order valence-corrected chi connectivity index (χ1v) is 5.08. The van der Waals surface area contributed by atoms with Gasteiger partial charge in [-0.1, -0.05) is 11.6 Å². The van der Waals surface area contributed by atoms with Crippen molar-refractivity contribution in [3.8, 4) is 5.75 Å². The first-order chi connectivity index (χ1) is 7.58. The van der Waals surface area contributed by atoms with Crippen molar-refractivity contribution >= 4 is 23.9 Å². The molecule has 1 aromatic rings. The van der Waals surface area contributed by atoms with Crippen molar-refractivity contribution in [2.24, 2.45) is 0 Å². The standard InChI is InChI=1S/C11H11ClO4/c1-2-16-10-4-7(6-13)3-9(12)8(10)5-11(14)15/h3-4,6H,2,5H2,1H3,(H,14,15). The number of carbonyl (C=O) groups excluding carboxylic acids is 1. The Morgan fingerprint density at radius 2 is 2.25 bits per heavy atom. The van der Waals surface area contributed by atoms with Crippen molar-refractivity contribution in [2.75, 3.05) is 6.61 Å². The Bertz CT molecular complexity index is 415. The van der Waals surface area contributed by atoms with E-state index in [1.54, 1.807) is 6.92 Å². The molecule has 0 atom stereocenters. The van der Waals surface area contributed by atoms with Crippen LogP contribution in [-0.2, 0) is 11.2 Å². The molecule has 5 heteroatoms.